The molecule has 0 unspecified atom stereocenters. The minimum absolute atomic E-state index is 0.104. The molecule has 3 aromatic rings. The zero-order chi connectivity index (χ0) is 22.0. The summed E-state index contributed by atoms with van der Waals surface area (Å²) in [5, 5.41) is 6.47. The van der Waals surface area contributed by atoms with Crippen molar-refractivity contribution in [2.24, 2.45) is 0 Å². The van der Waals surface area contributed by atoms with Gasteiger partial charge in [0.15, 0.2) is 6.61 Å². The number of fused-ring (bicyclic) bond motifs is 1. The van der Waals surface area contributed by atoms with Crippen LogP contribution in [0, 0.1) is 6.92 Å². The van der Waals surface area contributed by atoms with Crippen molar-refractivity contribution in [3.63, 3.8) is 0 Å². The predicted molar refractivity (Wildman–Crippen MR) is 124 cm³/mol. The number of benzene rings is 2. The molecule has 0 saturated heterocycles. The van der Waals surface area contributed by atoms with Gasteiger partial charge >= 0.3 is 0 Å². The number of hydrogen-bond donors (Lipinski definition) is 1. The van der Waals surface area contributed by atoms with Crippen molar-refractivity contribution in [3.8, 4) is 17.0 Å². The third-order valence-electron chi connectivity index (χ3n) is 4.99. The molecule has 0 aliphatic carbocycles. The van der Waals surface area contributed by atoms with E-state index in [1.807, 2.05) is 36.6 Å². The predicted octanol–water partition coefficient (Wildman–Crippen LogP) is 5.09. The van der Waals surface area contributed by atoms with Crippen molar-refractivity contribution >= 4 is 46.1 Å². The highest BCUT2D eigenvalue weighted by molar-refractivity contribution is 7.09. The number of nitrogens with zero attached hydrogens (tertiary/aromatic N) is 2. The quantitative estimate of drug-likeness (QED) is 0.562. The van der Waals surface area contributed by atoms with Gasteiger partial charge in [-0.15, -0.1) is 11.3 Å². The molecule has 0 radical (unpaired) electrons. The maximum Gasteiger partial charge on any atom is 0.265 e. The number of carbonyl (C=O) groups excluding carboxylic acids is 2. The Morgan fingerprint density at radius 3 is 2.94 bits per heavy atom. The van der Waals surface area contributed by atoms with E-state index >= 15 is 0 Å². The van der Waals surface area contributed by atoms with Gasteiger partial charge in [-0.1, -0.05) is 24.6 Å². The van der Waals surface area contributed by atoms with E-state index in [0.717, 1.165) is 34.7 Å². The summed E-state index contributed by atoms with van der Waals surface area (Å²) >= 11 is 7.67. The fourth-order valence-electron chi connectivity index (χ4n) is 3.37. The number of hydrogen-bond acceptors (Lipinski definition) is 5. The van der Waals surface area contributed by atoms with Gasteiger partial charge in [0.1, 0.15) is 12.3 Å². The molecule has 0 bridgehead atoms. The van der Waals surface area contributed by atoms with Gasteiger partial charge in [0.05, 0.1) is 16.4 Å². The molecule has 4 rings (SSSR count). The van der Waals surface area contributed by atoms with Crippen molar-refractivity contribution in [1.29, 1.82) is 0 Å². The second-order valence-electron chi connectivity index (χ2n) is 7.33. The lowest BCUT2D eigenvalue weighted by Gasteiger charge is -2.29. The van der Waals surface area contributed by atoms with E-state index in [0.29, 0.717) is 22.1 Å². The Balaban J connectivity index is 1.58. The van der Waals surface area contributed by atoms with Crippen molar-refractivity contribution < 1.29 is 14.3 Å². The standard InChI is InChI=1S/C23H22ClN3O3S/c1-3-4-22-26-18(13-31-22)15-6-8-20-19(9-15)27(23(29)12-30-20)11-21(28)25-17-10-16(24)7-5-14(17)2/h5-10,13H,3-4,11-12H2,1-2H3,(H,25,28). The number of anilines is 2. The highest BCUT2D eigenvalue weighted by atomic mass is 35.5. The van der Waals surface area contributed by atoms with Crippen LogP contribution in [0.25, 0.3) is 11.3 Å². The van der Waals surface area contributed by atoms with Gasteiger partial charge in [-0.05, 0) is 55.7 Å². The van der Waals surface area contributed by atoms with Crippen molar-refractivity contribution in [2.45, 2.75) is 26.7 Å². The van der Waals surface area contributed by atoms with Crippen LogP contribution < -0.4 is 15.0 Å². The first-order chi connectivity index (χ1) is 14.9. The molecule has 0 atom stereocenters. The molecule has 8 heteroatoms. The molecule has 6 nitrogen and oxygen atoms in total. The zero-order valence-corrected chi connectivity index (χ0v) is 18.8. The Morgan fingerprint density at radius 2 is 2.13 bits per heavy atom. The average Bonchev–Trinajstić information content (AvgIpc) is 3.21. The molecule has 2 amide bonds. The first-order valence-electron chi connectivity index (χ1n) is 10.0. The Bertz CT molecular complexity index is 1140. The monoisotopic (exact) mass is 455 g/mol. The molecule has 2 aromatic carbocycles. The first kappa shape index (κ1) is 21.3. The minimum atomic E-state index is -0.309. The zero-order valence-electron chi connectivity index (χ0n) is 17.3. The van der Waals surface area contributed by atoms with Crippen molar-refractivity contribution in [3.05, 3.63) is 57.4 Å². The molecule has 0 fully saturated rings. The first-order valence-corrected chi connectivity index (χ1v) is 11.3. The fraction of sp³-hybridized carbons (Fsp3) is 0.261. The summed E-state index contributed by atoms with van der Waals surface area (Å²) in [5.41, 5.74) is 3.81. The van der Waals surface area contributed by atoms with Gasteiger partial charge in [0.2, 0.25) is 5.91 Å². The van der Waals surface area contributed by atoms with Crippen molar-refractivity contribution in [2.75, 3.05) is 23.4 Å². The SMILES string of the molecule is CCCc1nc(-c2ccc3c(c2)N(CC(=O)Nc2cc(Cl)ccc2C)C(=O)CO3)cs1. The number of amides is 2. The molecule has 1 aromatic heterocycles. The van der Waals surface area contributed by atoms with Crippen LogP contribution in [0.1, 0.15) is 23.9 Å². The lowest BCUT2D eigenvalue weighted by atomic mass is 10.1. The van der Waals surface area contributed by atoms with E-state index in [9.17, 15) is 9.59 Å². The van der Waals surface area contributed by atoms with E-state index in [2.05, 4.69) is 17.2 Å². The molecule has 160 valence electrons. The molecular weight excluding hydrogens is 434 g/mol. The largest absolute Gasteiger partial charge is 0.482 e. The average molecular weight is 456 g/mol. The summed E-state index contributed by atoms with van der Waals surface area (Å²) in [5.74, 6) is -0.0116. The van der Waals surface area contributed by atoms with E-state index in [4.69, 9.17) is 16.3 Å². The summed E-state index contributed by atoms with van der Waals surface area (Å²) in [4.78, 5) is 31.5. The van der Waals surface area contributed by atoms with E-state index in [1.165, 1.54) is 4.90 Å². The van der Waals surface area contributed by atoms with Gasteiger partial charge in [0.25, 0.3) is 5.91 Å². The van der Waals surface area contributed by atoms with Gasteiger partial charge in [-0.3, -0.25) is 14.5 Å². The van der Waals surface area contributed by atoms with Gasteiger partial charge in [-0.2, -0.15) is 0 Å². The summed E-state index contributed by atoms with van der Waals surface area (Å²) in [6, 6.07) is 10.9. The van der Waals surface area contributed by atoms with Crippen LogP contribution in [0.3, 0.4) is 0 Å². The van der Waals surface area contributed by atoms with Gasteiger partial charge < -0.3 is 10.1 Å². The Morgan fingerprint density at radius 1 is 1.29 bits per heavy atom. The summed E-state index contributed by atoms with van der Waals surface area (Å²) in [6.45, 7) is 3.78. The second-order valence-corrected chi connectivity index (χ2v) is 8.71. The highest BCUT2D eigenvalue weighted by Crippen LogP contribution is 2.36. The number of thiazole rings is 1. The third-order valence-corrected chi connectivity index (χ3v) is 6.13. The topological polar surface area (TPSA) is 71.5 Å². The summed E-state index contributed by atoms with van der Waals surface area (Å²) < 4.78 is 5.58. The maximum atomic E-state index is 12.7. The number of aryl methyl sites for hydroxylation is 2. The number of aromatic nitrogens is 1. The van der Waals surface area contributed by atoms with Crippen LogP contribution in [0.4, 0.5) is 11.4 Å². The van der Waals surface area contributed by atoms with Crippen LogP contribution in [0.2, 0.25) is 5.02 Å². The molecule has 1 aliphatic heterocycles. The van der Waals surface area contributed by atoms with Crippen molar-refractivity contribution in [1.82, 2.24) is 4.98 Å². The Kier molecular flexibility index (Phi) is 6.25. The van der Waals surface area contributed by atoms with Crippen LogP contribution >= 0.6 is 22.9 Å². The second kappa shape index (κ2) is 9.08. The summed E-state index contributed by atoms with van der Waals surface area (Å²) in [6.07, 6.45) is 1.97. The highest BCUT2D eigenvalue weighted by Gasteiger charge is 2.28. The Hall–Kier alpha value is -2.90. The Labute approximate surface area is 189 Å². The van der Waals surface area contributed by atoms with E-state index in [1.54, 1.807) is 23.5 Å². The molecule has 0 saturated carbocycles. The van der Waals surface area contributed by atoms with Crippen LogP contribution in [0.5, 0.6) is 5.75 Å². The molecule has 0 spiro atoms. The van der Waals surface area contributed by atoms with Crippen LogP contribution in [0.15, 0.2) is 41.8 Å². The third kappa shape index (κ3) is 4.73. The number of ether oxygens (including phenoxy) is 1. The molecule has 2 heterocycles. The number of halogens is 1. The number of carbonyl (C=O) groups is 2. The summed E-state index contributed by atoms with van der Waals surface area (Å²) in [7, 11) is 0. The number of nitrogens with one attached hydrogen (secondary N) is 1. The molecular formula is C23H22ClN3O3S. The lowest BCUT2D eigenvalue weighted by molar-refractivity contribution is -0.123. The van der Waals surface area contributed by atoms with E-state index < -0.39 is 0 Å². The molecule has 1 aliphatic rings. The van der Waals surface area contributed by atoms with Crippen LogP contribution in [-0.2, 0) is 16.0 Å². The molecule has 1 N–H and O–H groups in total. The fourth-order valence-corrected chi connectivity index (χ4v) is 4.45. The van der Waals surface area contributed by atoms with E-state index in [-0.39, 0.29) is 25.0 Å². The maximum absolute atomic E-state index is 12.7. The number of rotatable bonds is 6. The minimum Gasteiger partial charge on any atom is -0.482 e. The van der Waals surface area contributed by atoms with Gasteiger partial charge in [-0.25, -0.2) is 4.98 Å². The smallest absolute Gasteiger partial charge is 0.265 e. The lowest BCUT2D eigenvalue weighted by Crippen LogP contribution is -2.43. The molecule has 31 heavy (non-hydrogen) atoms. The normalized spacial score (nSPS) is 13.0. The van der Waals surface area contributed by atoms with Gasteiger partial charge in [0, 0.05) is 21.7 Å². The van der Waals surface area contributed by atoms with Crippen LogP contribution in [-0.4, -0.2) is 29.9 Å².